The first kappa shape index (κ1) is 16.3. The highest BCUT2D eigenvalue weighted by atomic mass is 35.5. The topological polar surface area (TPSA) is 15.3 Å². The first-order valence-corrected chi connectivity index (χ1v) is 7.65. The van der Waals surface area contributed by atoms with Crippen molar-refractivity contribution in [3.05, 3.63) is 28.8 Å². The van der Waals surface area contributed by atoms with E-state index < -0.39 is 0 Å². The molecule has 1 aromatic carbocycles. The highest BCUT2D eigenvalue weighted by Gasteiger charge is 2.15. The summed E-state index contributed by atoms with van der Waals surface area (Å²) < 4.78 is 0. The molecule has 0 heterocycles. The zero-order valence-corrected chi connectivity index (χ0v) is 13.6. The molecule has 0 aliphatic carbocycles. The number of benzene rings is 1. The van der Waals surface area contributed by atoms with Crippen LogP contribution in [0.25, 0.3) is 0 Å². The average molecular weight is 283 g/mol. The standard InChI is InChI=1S/C16H27ClN2/c1-6-13(5)19(7-2)16-10-15(17)9-8-14(16)11-18-12(3)4/h8-10,12-13,18H,6-7,11H2,1-5H3. The zero-order valence-electron chi connectivity index (χ0n) is 12.8. The molecule has 1 atom stereocenters. The Balaban J connectivity index is 3.04. The molecule has 0 radical (unpaired) electrons. The number of hydrogen-bond donors (Lipinski definition) is 1. The second-order valence-corrected chi connectivity index (χ2v) is 5.79. The SMILES string of the molecule is CCC(C)N(CC)c1cc(Cl)ccc1CNC(C)C. The molecule has 19 heavy (non-hydrogen) atoms. The molecule has 1 unspecified atom stereocenters. The molecule has 2 nitrogen and oxygen atoms in total. The minimum atomic E-state index is 0.488. The molecular weight excluding hydrogens is 256 g/mol. The van der Waals surface area contributed by atoms with Crippen molar-refractivity contribution in [3.8, 4) is 0 Å². The molecule has 1 aromatic rings. The van der Waals surface area contributed by atoms with Crippen LogP contribution in [-0.2, 0) is 6.54 Å². The summed E-state index contributed by atoms with van der Waals surface area (Å²) in [5.41, 5.74) is 2.58. The van der Waals surface area contributed by atoms with Gasteiger partial charge >= 0.3 is 0 Å². The normalized spacial score (nSPS) is 12.8. The first-order chi connectivity index (χ1) is 8.99. The van der Waals surface area contributed by atoms with Crippen LogP contribution >= 0.6 is 11.6 Å². The number of nitrogens with one attached hydrogen (secondary N) is 1. The van der Waals surface area contributed by atoms with Crippen LogP contribution in [0.2, 0.25) is 5.02 Å². The number of rotatable bonds is 7. The third-order valence-electron chi connectivity index (χ3n) is 3.52. The fourth-order valence-corrected chi connectivity index (χ4v) is 2.37. The van der Waals surface area contributed by atoms with Crippen molar-refractivity contribution in [3.63, 3.8) is 0 Å². The summed E-state index contributed by atoms with van der Waals surface area (Å²) in [6.07, 6.45) is 1.14. The molecule has 0 aliphatic rings. The number of hydrogen-bond acceptors (Lipinski definition) is 2. The second-order valence-electron chi connectivity index (χ2n) is 5.35. The molecule has 0 fully saturated rings. The lowest BCUT2D eigenvalue weighted by molar-refractivity contribution is 0.582. The summed E-state index contributed by atoms with van der Waals surface area (Å²) in [6.45, 7) is 12.9. The quantitative estimate of drug-likeness (QED) is 0.794. The Morgan fingerprint density at radius 3 is 2.42 bits per heavy atom. The van der Waals surface area contributed by atoms with Gasteiger partial charge < -0.3 is 10.2 Å². The van der Waals surface area contributed by atoms with Crippen LogP contribution < -0.4 is 10.2 Å². The molecule has 108 valence electrons. The maximum atomic E-state index is 6.18. The lowest BCUT2D eigenvalue weighted by Gasteiger charge is -2.32. The van der Waals surface area contributed by atoms with Gasteiger partial charge in [-0.1, -0.05) is 38.4 Å². The summed E-state index contributed by atoms with van der Waals surface area (Å²) in [7, 11) is 0. The fourth-order valence-electron chi connectivity index (χ4n) is 2.21. The van der Waals surface area contributed by atoms with E-state index in [0.717, 1.165) is 24.5 Å². The van der Waals surface area contributed by atoms with Crippen molar-refractivity contribution >= 4 is 17.3 Å². The van der Waals surface area contributed by atoms with Gasteiger partial charge in [-0.25, -0.2) is 0 Å². The van der Waals surface area contributed by atoms with Crippen molar-refractivity contribution in [1.82, 2.24) is 5.32 Å². The molecule has 0 amide bonds. The molecule has 0 aromatic heterocycles. The van der Waals surface area contributed by atoms with Gasteiger partial charge in [0, 0.05) is 35.9 Å². The van der Waals surface area contributed by atoms with Gasteiger partial charge in [0.25, 0.3) is 0 Å². The predicted molar refractivity (Wildman–Crippen MR) is 86.2 cm³/mol. The van der Waals surface area contributed by atoms with Gasteiger partial charge in [-0.3, -0.25) is 0 Å². The van der Waals surface area contributed by atoms with Gasteiger partial charge in [0.05, 0.1) is 0 Å². The Labute approximate surface area is 123 Å². The fraction of sp³-hybridized carbons (Fsp3) is 0.625. The van der Waals surface area contributed by atoms with Crippen LogP contribution in [-0.4, -0.2) is 18.6 Å². The largest absolute Gasteiger partial charge is 0.369 e. The van der Waals surface area contributed by atoms with Crippen LogP contribution in [0.3, 0.4) is 0 Å². The minimum absolute atomic E-state index is 0.488. The third-order valence-corrected chi connectivity index (χ3v) is 3.76. The van der Waals surface area contributed by atoms with Crippen molar-refractivity contribution in [2.75, 3.05) is 11.4 Å². The third kappa shape index (κ3) is 4.70. The van der Waals surface area contributed by atoms with E-state index in [1.165, 1.54) is 11.3 Å². The number of anilines is 1. The lowest BCUT2D eigenvalue weighted by atomic mass is 10.1. The maximum Gasteiger partial charge on any atom is 0.0429 e. The second kappa shape index (κ2) is 7.76. The molecule has 0 saturated heterocycles. The Bertz CT molecular complexity index is 390. The Hall–Kier alpha value is -0.730. The molecule has 1 rings (SSSR count). The monoisotopic (exact) mass is 282 g/mol. The average Bonchev–Trinajstić information content (AvgIpc) is 2.38. The molecule has 0 aliphatic heterocycles. The summed E-state index contributed by atoms with van der Waals surface area (Å²) in [6, 6.07) is 7.22. The van der Waals surface area contributed by atoms with E-state index >= 15 is 0 Å². The molecule has 0 bridgehead atoms. The van der Waals surface area contributed by atoms with Crippen molar-refractivity contribution in [2.24, 2.45) is 0 Å². The summed E-state index contributed by atoms with van der Waals surface area (Å²) in [5.74, 6) is 0. The van der Waals surface area contributed by atoms with Gasteiger partial charge in [0.15, 0.2) is 0 Å². The van der Waals surface area contributed by atoms with E-state index in [1.54, 1.807) is 0 Å². The Morgan fingerprint density at radius 2 is 1.89 bits per heavy atom. The summed E-state index contributed by atoms with van der Waals surface area (Å²) in [4.78, 5) is 2.43. The van der Waals surface area contributed by atoms with E-state index in [1.807, 2.05) is 6.07 Å². The van der Waals surface area contributed by atoms with E-state index in [9.17, 15) is 0 Å². The first-order valence-electron chi connectivity index (χ1n) is 7.28. The van der Waals surface area contributed by atoms with E-state index in [4.69, 9.17) is 11.6 Å². The highest BCUT2D eigenvalue weighted by molar-refractivity contribution is 6.30. The molecule has 1 N–H and O–H groups in total. The smallest absolute Gasteiger partial charge is 0.0429 e. The zero-order chi connectivity index (χ0) is 14.4. The van der Waals surface area contributed by atoms with Gasteiger partial charge in [-0.2, -0.15) is 0 Å². The van der Waals surface area contributed by atoms with Crippen molar-refractivity contribution in [2.45, 2.75) is 59.7 Å². The molecular formula is C16H27ClN2. The van der Waals surface area contributed by atoms with Gasteiger partial charge in [0.2, 0.25) is 0 Å². The summed E-state index contributed by atoms with van der Waals surface area (Å²) >= 11 is 6.18. The van der Waals surface area contributed by atoms with Crippen molar-refractivity contribution in [1.29, 1.82) is 0 Å². The number of halogens is 1. The Kier molecular flexibility index (Phi) is 6.67. The highest BCUT2D eigenvalue weighted by Crippen LogP contribution is 2.27. The van der Waals surface area contributed by atoms with Crippen LogP contribution in [0.1, 0.15) is 46.6 Å². The van der Waals surface area contributed by atoms with Gasteiger partial charge in [-0.15, -0.1) is 0 Å². The lowest BCUT2D eigenvalue weighted by Crippen LogP contribution is -2.34. The maximum absolute atomic E-state index is 6.18. The minimum Gasteiger partial charge on any atom is -0.369 e. The molecule has 3 heteroatoms. The molecule has 0 saturated carbocycles. The Morgan fingerprint density at radius 1 is 1.21 bits per heavy atom. The van der Waals surface area contributed by atoms with Crippen LogP contribution in [0, 0.1) is 0 Å². The van der Waals surface area contributed by atoms with E-state index in [-0.39, 0.29) is 0 Å². The van der Waals surface area contributed by atoms with Crippen LogP contribution in [0.15, 0.2) is 18.2 Å². The van der Waals surface area contributed by atoms with Gasteiger partial charge in [0.1, 0.15) is 0 Å². The molecule has 0 spiro atoms. The number of nitrogens with zero attached hydrogens (tertiary/aromatic N) is 1. The summed E-state index contributed by atoms with van der Waals surface area (Å²) in [5, 5.41) is 4.30. The predicted octanol–water partition coefficient (Wildman–Crippen LogP) is 4.46. The van der Waals surface area contributed by atoms with E-state index in [0.29, 0.717) is 12.1 Å². The van der Waals surface area contributed by atoms with Gasteiger partial charge in [-0.05, 0) is 38.0 Å². The van der Waals surface area contributed by atoms with Crippen molar-refractivity contribution < 1.29 is 0 Å². The van der Waals surface area contributed by atoms with E-state index in [2.05, 4.69) is 57.0 Å². The van der Waals surface area contributed by atoms with Crippen LogP contribution in [0.4, 0.5) is 5.69 Å². The van der Waals surface area contributed by atoms with Crippen LogP contribution in [0.5, 0.6) is 0 Å².